The molecule has 17 heavy (non-hydrogen) atoms. The van der Waals surface area contributed by atoms with E-state index in [-0.39, 0.29) is 12.5 Å². The van der Waals surface area contributed by atoms with Crippen molar-refractivity contribution in [2.75, 3.05) is 32.8 Å². The smallest absolute Gasteiger partial charge is 0.220 e. The lowest BCUT2D eigenvalue weighted by Gasteiger charge is -2.20. The monoisotopic (exact) mass is 242 g/mol. The highest BCUT2D eigenvalue weighted by Gasteiger charge is 2.14. The molecule has 0 aromatic heterocycles. The van der Waals surface area contributed by atoms with Crippen LogP contribution in [0, 0.1) is 5.92 Å². The summed E-state index contributed by atoms with van der Waals surface area (Å²) in [5, 5.41) is 11.6. The predicted molar refractivity (Wildman–Crippen MR) is 68.8 cm³/mol. The summed E-state index contributed by atoms with van der Waals surface area (Å²) in [7, 11) is 0. The number of nitrogens with one attached hydrogen (secondary N) is 1. The van der Waals surface area contributed by atoms with Gasteiger partial charge < -0.3 is 15.3 Å². The lowest BCUT2D eigenvalue weighted by molar-refractivity contribution is -0.121. The number of nitrogens with zero attached hydrogens (tertiary/aromatic N) is 1. The third-order valence-electron chi connectivity index (χ3n) is 3.23. The molecule has 0 spiro atoms. The first-order valence-corrected chi connectivity index (χ1v) is 6.82. The zero-order valence-corrected chi connectivity index (χ0v) is 11.0. The molecule has 0 aliphatic carbocycles. The van der Waals surface area contributed by atoms with Gasteiger partial charge in [0.2, 0.25) is 5.91 Å². The van der Waals surface area contributed by atoms with E-state index in [4.69, 9.17) is 5.11 Å². The van der Waals surface area contributed by atoms with Gasteiger partial charge in [-0.25, -0.2) is 0 Å². The molecule has 1 amide bonds. The van der Waals surface area contributed by atoms with Gasteiger partial charge in [-0.05, 0) is 44.7 Å². The minimum absolute atomic E-state index is 0.117. The summed E-state index contributed by atoms with van der Waals surface area (Å²) in [6.07, 6.45) is 4.68. The molecular formula is C13H26N2O2. The highest BCUT2D eigenvalue weighted by atomic mass is 16.2. The Hall–Kier alpha value is -0.610. The molecule has 0 aromatic rings. The van der Waals surface area contributed by atoms with E-state index >= 15 is 0 Å². The number of hydrogen-bond acceptors (Lipinski definition) is 3. The summed E-state index contributed by atoms with van der Waals surface area (Å²) in [5.74, 6) is 0.640. The SMILES string of the molecule is CC(CNC(=O)CCCCO)CN1CCCC1. The summed E-state index contributed by atoms with van der Waals surface area (Å²) >= 11 is 0. The van der Waals surface area contributed by atoms with Crippen LogP contribution in [0.25, 0.3) is 0 Å². The molecule has 1 aliphatic rings. The fourth-order valence-corrected chi connectivity index (χ4v) is 2.24. The zero-order chi connectivity index (χ0) is 12.5. The van der Waals surface area contributed by atoms with Crippen molar-refractivity contribution >= 4 is 5.91 Å². The Morgan fingerprint density at radius 1 is 1.35 bits per heavy atom. The number of unbranched alkanes of at least 4 members (excludes halogenated alkanes) is 1. The van der Waals surface area contributed by atoms with E-state index < -0.39 is 0 Å². The summed E-state index contributed by atoms with van der Waals surface area (Å²) in [5.41, 5.74) is 0. The van der Waals surface area contributed by atoms with Crippen molar-refractivity contribution in [1.29, 1.82) is 0 Å². The van der Waals surface area contributed by atoms with Crippen molar-refractivity contribution in [3.63, 3.8) is 0 Å². The van der Waals surface area contributed by atoms with Gasteiger partial charge in [-0.3, -0.25) is 4.79 Å². The van der Waals surface area contributed by atoms with Gasteiger partial charge in [0, 0.05) is 26.1 Å². The Morgan fingerprint density at radius 2 is 2.06 bits per heavy atom. The first-order valence-electron chi connectivity index (χ1n) is 6.82. The Labute approximate surface area is 104 Å². The van der Waals surface area contributed by atoms with Crippen LogP contribution in [0.5, 0.6) is 0 Å². The maximum atomic E-state index is 11.5. The van der Waals surface area contributed by atoms with Crippen molar-refractivity contribution in [1.82, 2.24) is 10.2 Å². The fourth-order valence-electron chi connectivity index (χ4n) is 2.24. The second kappa shape index (κ2) is 8.48. The van der Waals surface area contributed by atoms with E-state index in [0.717, 1.165) is 25.9 Å². The second-order valence-electron chi connectivity index (χ2n) is 5.10. The molecule has 4 nitrogen and oxygen atoms in total. The standard InChI is InChI=1S/C13H26N2O2/c1-12(11-15-7-3-4-8-15)10-14-13(17)6-2-5-9-16/h12,16H,2-11H2,1H3,(H,14,17). The van der Waals surface area contributed by atoms with Crippen LogP contribution in [0.3, 0.4) is 0 Å². The normalized spacial score (nSPS) is 18.2. The molecule has 4 heteroatoms. The molecule has 1 atom stereocenters. The molecule has 1 aliphatic heterocycles. The minimum Gasteiger partial charge on any atom is -0.396 e. The summed E-state index contributed by atoms with van der Waals surface area (Å²) in [6, 6.07) is 0. The molecular weight excluding hydrogens is 216 g/mol. The molecule has 0 radical (unpaired) electrons. The predicted octanol–water partition coefficient (Wildman–Crippen LogP) is 0.997. The van der Waals surface area contributed by atoms with Crippen molar-refractivity contribution in [3.05, 3.63) is 0 Å². The zero-order valence-electron chi connectivity index (χ0n) is 11.0. The third-order valence-corrected chi connectivity index (χ3v) is 3.23. The summed E-state index contributed by atoms with van der Waals surface area (Å²) < 4.78 is 0. The van der Waals surface area contributed by atoms with Gasteiger partial charge in [0.05, 0.1) is 0 Å². The molecule has 0 saturated carbocycles. The number of likely N-dealkylation sites (tertiary alicyclic amines) is 1. The minimum atomic E-state index is 0.117. The first-order chi connectivity index (χ1) is 8.22. The molecule has 2 N–H and O–H groups in total. The Kier molecular flexibility index (Phi) is 7.21. The van der Waals surface area contributed by atoms with Gasteiger partial charge in [-0.1, -0.05) is 6.92 Å². The van der Waals surface area contributed by atoms with Crippen molar-refractivity contribution in [2.45, 2.75) is 39.0 Å². The average molecular weight is 242 g/mol. The lowest BCUT2D eigenvalue weighted by atomic mass is 10.1. The fraction of sp³-hybridized carbons (Fsp3) is 0.923. The largest absolute Gasteiger partial charge is 0.396 e. The van der Waals surface area contributed by atoms with E-state index in [1.165, 1.54) is 25.9 Å². The first kappa shape index (κ1) is 14.5. The molecule has 0 aromatic carbocycles. The van der Waals surface area contributed by atoms with Crippen LogP contribution in [-0.2, 0) is 4.79 Å². The van der Waals surface area contributed by atoms with E-state index in [2.05, 4.69) is 17.1 Å². The summed E-state index contributed by atoms with van der Waals surface area (Å²) in [4.78, 5) is 13.9. The van der Waals surface area contributed by atoms with Crippen molar-refractivity contribution in [3.8, 4) is 0 Å². The number of rotatable bonds is 8. The highest BCUT2D eigenvalue weighted by Crippen LogP contribution is 2.09. The number of aliphatic hydroxyl groups excluding tert-OH is 1. The number of carbonyl (C=O) groups excluding carboxylic acids is 1. The topological polar surface area (TPSA) is 52.6 Å². The van der Waals surface area contributed by atoms with Gasteiger partial charge in [0.25, 0.3) is 0 Å². The van der Waals surface area contributed by atoms with Crippen molar-refractivity contribution in [2.24, 2.45) is 5.92 Å². The molecule has 1 fully saturated rings. The van der Waals surface area contributed by atoms with E-state index in [1.807, 2.05) is 0 Å². The Bertz CT molecular complexity index is 215. The third kappa shape index (κ3) is 6.64. The maximum absolute atomic E-state index is 11.5. The molecule has 100 valence electrons. The van der Waals surface area contributed by atoms with Crippen LogP contribution in [0.1, 0.15) is 39.0 Å². The number of hydrogen-bond donors (Lipinski definition) is 2. The van der Waals surface area contributed by atoms with Gasteiger partial charge in [0.15, 0.2) is 0 Å². The Balaban J connectivity index is 2.01. The van der Waals surface area contributed by atoms with Crippen LogP contribution >= 0.6 is 0 Å². The summed E-state index contributed by atoms with van der Waals surface area (Å²) in [6.45, 7) is 6.67. The molecule has 1 saturated heterocycles. The quantitative estimate of drug-likeness (QED) is 0.624. The Morgan fingerprint density at radius 3 is 2.71 bits per heavy atom. The van der Waals surface area contributed by atoms with Crippen molar-refractivity contribution < 1.29 is 9.90 Å². The van der Waals surface area contributed by atoms with Crippen LogP contribution < -0.4 is 5.32 Å². The van der Waals surface area contributed by atoms with Crippen LogP contribution in [0.15, 0.2) is 0 Å². The van der Waals surface area contributed by atoms with Crippen LogP contribution in [-0.4, -0.2) is 48.7 Å². The van der Waals surface area contributed by atoms with E-state index in [0.29, 0.717) is 12.3 Å². The highest BCUT2D eigenvalue weighted by molar-refractivity contribution is 5.75. The molecule has 0 bridgehead atoms. The van der Waals surface area contributed by atoms with E-state index in [1.54, 1.807) is 0 Å². The second-order valence-corrected chi connectivity index (χ2v) is 5.10. The molecule has 1 rings (SSSR count). The van der Waals surface area contributed by atoms with Crippen LogP contribution in [0.2, 0.25) is 0 Å². The maximum Gasteiger partial charge on any atom is 0.220 e. The van der Waals surface area contributed by atoms with E-state index in [9.17, 15) is 4.79 Å². The van der Waals surface area contributed by atoms with Gasteiger partial charge >= 0.3 is 0 Å². The number of carbonyl (C=O) groups is 1. The number of aliphatic hydroxyl groups is 1. The molecule has 1 unspecified atom stereocenters. The average Bonchev–Trinajstić information content (AvgIpc) is 2.79. The van der Waals surface area contributed by atoms with Gasteiger partial charge in [-0.2, -0.15) is 0 Å². The lowest BCUT2D eigenvalue weighted by Crippen LogP contribution is -2.34. The van der Waals surface area contributed by atoms with Crippen LogP contribution in [0.4, 0.5) is 0 Å². The number of amides is 1. The van der Waals surface area contributed by atoms with Gasteiger partial charge in [0.1, 0.15) is 0 Å². The van der Waals surface area contributed by atoms with Gasteiger partial charge in [-0.15, -0.1) is 0 Å². The molecule has 1 heterocycles.